The summed E-state index contributed by atoms with van der Waals surface area (Å²) >= 11 is 0. The van der Waals surface area contributed by atoms with E-state index >= 15 is 0 Å². The van der Waals surface area contributed by atoms with E-state index in [0.717, 1.165) is 19.5 Å². The van der Waals surface area contributed by atoms with E-state index in [1.807, 2.05) is 0 Å². The summed E-state index contributed by atoms with van der Waals surface area (Å²) in [6.45, 7) is 5.67. The summed E-state index contributed by atoms with van der Waals surface area (Å²) in [5, 5.41) is 9.33. The molecule has 5 heteroatoms. The highest BCUT2D eigenvalue weighted by atomic mass is 16.2. The third-order valence-corrected chi connectivity index (χ3v) is 3.62. The van der Waals surface area contributed by atoms with Gasteiger partial charge in [0.15, 0.2) is 5.78 Å². The number of ketones is 1. The molecule has 1 heterocycles. The molecule has 1 amide bonds. The van der Waals surface area contributed by atoms with Gasteiger partial charge in [0.25, 0.3) is 0 Å². The number of benzene rings is 1. The molecule has 0 spiro atoms. The van der Waals surface area contributed by atoms with Gasteiger partial charge in [-0.1, -0.05) is 12.1 Å². The fraction of sp³-hybridized carbons (Fsp3) is 0.467. The minimum Gasteiger partial charge on any atom is -0.324 e. The molecule has 0 saturated carbocycles. The molecule has 1 saturated heterocycles. The second kappa shape index (κ2) is 6.15. The highest BCUT2D eigenvalue weighted by Crippen LogP contribution is 2.16. The molecule has 1 aromatic rings. The normalized spacial score (nSPS) is 21.7. The molecule has 108 valence electrons. The second-order valence-electron chi connectivity index (χ2n) is 5.49. The number of para-hydroxylation sites is 1. The Hall–Kier alpha value is -1.72. The molecule has 1 unspecified atom stereocenters. The molecule has 5 nitrogen and oxygen atoms in total. The lowest BCUT2D eigenvalue weighted by atomic mass is 10.0. The van der Waals surface area contributed by atoms with Crippen LogP contribution in [0, 0.1) is 0 Å². The molecule has 0 aliphatic carbocycles. The molecule has 1 atom stereocenters. The SMILES string of the molecule is CC(=O)c1ccccc1NC(=O)CNC1(C)CCNC1. The molecular formula is C15H21N3O2. The van der Waals surface area contributed by atoms with Crippen LogP contribution in [0.3, 0.4) is 0 Å². The van der Waals surface area contributed by atoms with E-state index in [1.54, 1.807) is 24.3 Å². The maximum atomic E-state index is 12.0. The van der Waals surface area contributed by atoms with E-state index in [0.29, 0.717) is 11.3 Å². The first kappa shape index (κ1) is 14.7. The third kappa shape index (κ3) is 3.65. The van der Waals surface area contributed by atoms with E-state index < -0.39 is 0 Å². The zero-order valence-electron chi connectivity index (χ0n) is 12.0. The number of carbonyl (C=O) groups excluding carboxylic acids is 2. The van der Waals surface area contributed by atoms with Crippen molar-refractivity contribution in [2.24, 2.45) is 0 Å². The molecule has 20 heavy (non-hydrogen) atoms. The summed E-state index contributed by atoms with van der Waals surface area (Å²) in [7, 11) is 0. The van der Waals surface area contributed by atoms with Crippen LogP contribution in [-0.4, -0.2) is 36.9 Å². The highest BCUT2D eigenvalue weighted by Gasteiger charge is 2.28. The molecule has 2 rings (SSSR count). The van der Waals surface area contributed by atoms with Gasteiger partial charge in [-0.25, -0.2) is 0 Å². The molecule has 1 aliphatic rings. The van der Waals surface area contributed by atoms with Crippen molar-refractivity contribution in [1.82, 2.24) is 10.6 Å². The Bertz CT molecular complexity index is 508. The monoisotopic (exact) mass is 275 g/mol. The van der Waals surface area contributed by atoms with Crippen molar-refractivity contribution < 1.29 is 9.59 Å². The largest absolute Gasteiger partial charge is 0.324 e. The Labute approximate surface area is 119 Å². The Morgan fingerprint density at radius 2 is 2.10 bits per heavy atom. The lowest BCUT2D eigenvalue weighted by molar-refractivity contribution is -0.115. The van der Waals surface area contributed by atoms with Crippen molar-refractivity contribution in [1.29, 1.82) is 0 Å². The van der Waals surface area contributed by atoms with Crippen LogP contribution in [0.5, 0.6) is 0 Å². The molecular weight excluding hydrogens is 254 g/mol. The van der Waals surface area contributed by atoms with Crippen LogP contribution in [0.1, 0.15) is 30.6 Å². The highest BCUT2D eigenvalue weighted by molar-refractivity contribution is 6.04. The fourth-order valence-corrected chi connectivity index (χ4v) is 2.36. The molecule has 1 aliphatic heterocycles. The summed E-state index contributed by atoms with van der Waals surface area (Å²) in [6, 6.07) is 7.05. The van der Waals surface area contributed by atoms with Crippen molar-refractivity contribution in [3.63, 3.8) is 0 Å². The van der Waals surface area contributed by atoms with Crippen molar-refractivity contribution in [2.75, 3.05) is 25.0 Å². The van der Waals surface area contributed by atoms with Crippen molar-refractivity contribution in [2.45, 2.75) is 25.8 Å². The number of Topliss-reactive ketones (excluding diaryl/α,β-unsaturated/α-hetero) is 1. The van der Waals surface area contributed by atoms with Gasteiger partial charge in [-0.2, -0.15) is 0 Å². The number of hydrogen-bond acceptors (Lipinski definition) is 4. The molecule has 0 radical (unpaired) electrons. The van der Waals surface area contributed by atoms with Gasteiger partial charge in [0.1, 0.15) is 0 Å². The summed E-state index contributed by atoms with van der Waals surface area (Å²) in [5.74, 6) is -0.187. The van der Waals surface area contributed by atoms with Crippen LogP contribution in [0.2, 0.25) is 0 Å². The first-order valence-corrected chi connectivity index (χ1v) is 6.86. The first-order chi connectivity index (χ1) is 9.50. The summed E-state index contributed by atoms with van der Waals surface area (Å²) < 4.78 is 0. The van der Waals surface area contributed by atoms with Crippen LogP contribution in [0.4, 0.5) is 5.69 Å². The van der Waals surface area contributed by atoms with Crippen LogP contribution >= 0.6 is 0 Å². The Morgan fingerprint density at radius 1 is 1.35 bits per heavy atom. The number of amides is 1. The first-order valence-electron chi connectivity index (χ1n) is 6.86. The minimum absolute atomic E-state index is 0.0303. The quantitative estimate of drug-likeness (QED) is 0.706. The van der Waals surface area contributed by atoms with Gasteiger partial charge in [0, 0.05) is 17.6 Å². The van der Waals surface area contributed by atoms with Gasteiger partial charge in [0.05, 0.1) is 12.2 Å². The van der Waals surface area contributed by atoms with Gasteiger partial charge in [-0.3, -0.25) is 9.59 Å². The van der Waals surface area contributed by atoms with Crippen LogP contribution in [0.25, 0.3) is 0 Å². The second-order valence-corrected chi connectivity index (χ2v) is 5.49. The van der Waals surface area contributed by atoms with E-state index in [9.17, 15) is 9.59 Å². The maximum Gasteiger partial charge on any atom is 0.238 e. The minimum atomic E-state index is -0.133. The number of hydrogen-bond donors (Lipinski definition) is 3. The Morgan fingerprint density at radius 3 is 2.75 bits per heavy atom. The smallest absolute Gasteiger partial charge is 0.238 e. The molecule has 1 aromatic carbocycles. The van der Waals surface area contributed by atoms with Gasteiger partial charge in [-0.15, -0.1) is 0 Å². The van der Waals surface area contributed by atoms with Gasteiger partial charge in [-0.05, 0) is 38.9 Å². The van der Waals surface area contributed by atoms with E-state index in [4.69, 9.17) is 0 Å². The van der Waals surface area contributed by atoms with Gasteiger partial charge in [0.2, 0.25) is 5.91 Å². The summed E-state index contributed by atoms with van der Waals surface area (Å²) in [6.07, 6.45) is 1.00. The Kier molecular flexibility index (Phi) is 4.52. The third-order valence-electron chi connectivity index (χ3n) is 3.62. The number of nitrogens with one attached hydrogen (secondary N) is 3. The lowest BCUT2D eigenvalue weighted by Crippen LogP contribution is -2.47. The van der Waals surface area contributed by atoms with Crippen molar-refractivity contribution in [3.8, 4) is 0 Å². The predicted octanol–water partition coefficient (Wildman–Crippen LogP) is 1.17. The number of carbonyl (C=O) groups is 2. The zero-order chi connectivity index (χ0) is 14.6. The van der Waals surface area contributed by atoms with Crippen LogP contribution in [-0.2, 0) is 4.79 Å². The molecule has 1 fully saturated rings. The fourth-order valence-electron chi connectivity index (χ4n) is 2.36. The average molecular weight is 275 g/mol. The average Bonchev–Trinajstić information content (AvgIpc) is 2.84. The van der Waals surface area contributed by atoms with Gasteiger partial charge < -0.3 is 16.0 Å². The maximum absolute atomic E-state index is 12.0. The van der Waals surface area contributed by atoms with E-state index in [2.05, 4.69) is 22.9 Å². The summed E-state index contributed by atoms with van der Waals surface area (Å²) in [5.41, 5.74) is 1.08. The molecule has 3 N–H and O–H groups in total. The summed E-state index contributed by atoms with van der Waals surface area (Å²) in [4.78, 5) is 23.5. The van der Waals surface area contributed by atoms with Crippen LogP contribution < -0.4 is 16.0 Å². The topological polar surface area (TPSA) is 70.2 Å². The van der Waals surface area contributed by atoms with Crippen molar-refractivity contribution >= 4 is 17.4 Å². The molecule has 0 bridgehead atoms. The van der Waals surface area contributed by atoms with E-state index in [-0.39, 0.29) is 23.8 Å². The lowest BCUT2D eigenvalue weighted by Gasteiger charge is -2.24. The van der Waals surface area contributed by atoms with Gasteiger partial charge >= 0.3 is 0 Å². The van der Waals surface area contributed by atoms with Crippen LogP contribution in [0.15, 0.2) is 24.3 Å². The predicted molar refractivity (Wildman–Crippen MR) is 79.0 cm³/mol. The standard InChI is InChI=1S/C15H21N3O2/c1-11(19)12-5-3-4-6-13(12)18-14(20)9-17-15(2)7-8-16-10-15/h3-6,16-17H,7-10H2,1-2H3,(H,18,20). The number of anilines is 1. The van der Waals surface area contributed by atoms with Crippen molar-refractivity contribution in [3.05, 3.63) is 29.8 Å². The number of rotatable bonds is 5. The zero-order valence-corrected chi connectivity index (χ0v) is 12.0. The molecule has 0 aromatic heterocycles. The Balaban J connectivity index is 1.93. The van der Waals surface area contributed by atoms with E-state index in [1.165, 1.54) is 6.92 Å².